The minimum atomic E-state index is -0.602. The summed E-state index contributed by atoms with van der Waals surface area (Å²) < 4.78 is 14.0. The molecule has 31 heavy (non-hydrogen) atoms. The number of aromatic hydroxyl groups is 1. The van der Waals surface area contributed by atoms with Gasteiger partial charge in [0.25, 0.3) is 0 Å². The Morgan fingerprint density at radius 2 is 1.65 bits per heavy atom. The van der Waals surface area contributed by atoms with Crippen molar-refractivity contribution in [1.29, 1.82) is 0 Å². The van der Waals surface area contributed by atoms with E-state index in [-0.39, 0.29) is 17.5 Å². The van der Waals surface area contributed by atoms with Crippen LogP contribution in [0.15, 0.2) is 60.7 Å². The van der Waals surface area contributed by atoms with Crippen LogP contribution in [-0.4, -0.2) is 28.2 Å². The highest BCUT2D eigenvalue weighted by Crippen LogP contribution is 2.33. The molecule has 0 aliphatic heterocycles. The third kappa shape index (κ3) is 5.81. The molecular formula is C25H27FN2O3. The highest BCUT2D eigenvalue weighted by molar-refractivity contribution is 5.76. The number of aliphatic carboxylic acids is 1. The topological polar surface area (TPSA) is 82.5 Å². The lowest BCUT2D eigenvalue weighted by Crippen LogP contribution is -2.16. The second-order valence-corrected chi connectivity index (χ2v) is 7.55. The van der Waals surface area contributed by atoms with Gasteiger partial charge in [-0.25, -0.2) is 9.37 Å². The zero-order valence-corrected chi connectivity index (χ0v) is 17.5. The number of phenols is 1. The van der Waals surface area contributed by atoms with E-state index in [0.717, 1.165) is 25.7 Å². The van der Waals surface area contributed by atoms with Crippen molar-refractivity contribution in [3.05, 3.63) is 66.5 Å². The number of hydrogen-bond acceptors (Lipinski definition) is 4. The first-order chi connectivity index (χ1) is 15.0. The third-order valence-electron chi connectivity index (χ3n) is 5.40. The quantitative estimate of drug-likeness (QED) is 0.484. The fraction of sp³-hybridized carbons (Fsp3) is 0.280. The number of benzene rings is 2. The van der Waals surface area contributed by atoms with Gasteiger partial charge in [0.2, 0.25) is 0 Å². The van der Waals surface area contributed by atoms with Gasteiger partial charge in [-0.15, -0.1) is 0 Å². The van der Waals surface area contributed by atoms with Crippen molar-refractivity contribution < 1.29 is 19.4 Å². The molecule has 5 nitrogen and oxygen atoms in total. The molecule has 0 spiro atoms. The van der Waals surface area contributed by atoms with Gasteiger partial charge in [0, 0.05) is 18.2 Å². The number of carboxylic acid groups (broad SMARTS) is 1. The summed E-state index contributed by atoms with van der Waals surface area (Å²) in [7, 11) is 1.75. The van der Waals surface area contributed by atoms with Gasteiger partial charge in [0.1, 0.15) is 17.4 Å². The van der Waals surface area contributed by atoms with E-state index in [1.165, 1.54) is 12.5 Å². The number of aromatic nitrogens is 1. The van der Waals surface area contributed by atoms with Crippen LogP contribution in [0.4, 0.5) is 10.2 Å². The normalized spacial score (nSPS) is 13.7. The summed E-state index contributed by atoms with van der Waals surface area (Å²) in [5.74, 6) is -0.172. The second-order valence-electron chi connectivity index (χ2n) is 7.55. The van der Waals surface area contributed by atoms with Crippen LogP contribution in [-0.2, 0) is 4.79 Å². The molecule has 0 bridgehead atoms. The number of hydrogen-bond donors (Lipinski definition) is 3. The average molecular weight is 423 g/mol. The zero-order valence-electron chi connectivity index (χ0n) is 17.5. The molecule has 0 saturated heterocycles. The molecule has 1 heterocycles. The number of halogens is 1. The number of anilines is 1. The summed E-state index contributed by atoms with van der Waals surface area (Å²) in [6, 6.07) is 17.1. The lowest BCUT2D eigenvalue weighted by atomic mass is 9.90. The Morgan fingerprint density at radius 1 is 1.00 bits per heavy atom. The van der Waals surface area contributed by atoms with Gasteiger partial charge in [-0.2, -0.15) is 0 Å². The van der Waals surface area contributed by atoms with Gasteiger partial charge < -0.3 is 15.5 Å². The van der Waals surface area contributed by atoms with Crippen molar-refractivity contribution in [2.24, 2.45) is 5.92 Å². The van der Waals surface area contributed by atoms with E-state index in [1.54, 1.807) is 55.6 Å². The van der Waals surface area contributed by atoms with Crippen molar-refractivity contribution in [3.63, 3.8) is 0 Å². The van der Waals surface area contributed by atoms with Gasteiger partial charge in [-0.1, -0.05) is 49.6 Å². The molecule has 0 unspecified atom stereocenters. The summed E-state index contributed by atoms with van der Waals surface area (Å²) in [5.41, 5.74) is 2.40. The van der Waals surface area contributed by atoms with Crippen LogP contribution in [0.5, 0.6) is 5.75 Å². The zero-order chi connectivity index (χ0) is 22.2. The van der Waals surface area contributed by atoms with Crippen LogP contribution in [0.25, 0.3) is 22.4 Å². The van der Waals surface area contributed by atoms with E-state index in [4.69, 9.17) is 5.11 Å². The summed E-state index contributed by atoms with van der Waals surface area (Å²) in [4.78, 5) is 14.8. The Labute approximate surface area is 181 Å². The van der Waals surface area contributed by atoms with Gasteiger partial charge in [0.05, 0.1) is 11.6 Å². The number of rotatable bonds is 4. The van der Waals surface area contributed by atoms with Crippen LogP contribution >= 0.6 is 0 Å². The smallest absolute Gasteiger partial charge is 0.306 e. The molecule has 1 aromatic heterocycles. The van der Waals surface area contributed by atoms with Crippen LogP contribution in [0, 0.1) is 11.7 Å². The SMILES string of the molecule is CNc1cc(-c2ccccc2F)cc(-c2ccccc2O)n1.O=C(O)C1CCCCC1. The van der Waals surface area contributed by atoms with Gasteiger partial charge in [-0.05, 0) is 48.7 Å². The molecule has 0 amide bonds. The number of para-hydroxylation sites is 1. The first-order valence-electron chi connectivity index (χ1n) is 10.5. The maximum atomic E-state index is 14.0. The van der Waals surface area contributed by atoms with E-state index in [2.05, 4.69) is 10.3 Å². The van der Waals surface area contributed by atoms with Crippen molar-refractivity contribution in [2.45, 2.75) is 32.1 Å². The van der Waals surface area contributed by atoms with Crippen molar-refractivity contribution >= 4 is 11.8 Å². The Hall–Kier alpha value is -3.41. The predicted molar refractivity (Wildman–Crippen MR) is 120 cm³/mol. The Balaban J connectivity index is 0.000000254. The molecule has 1 aliphatic carbocycles. The molecule has 3 aromatic rings. The minimum Gasteiger partial charge on any atom is -0.507 e. The van der Waals surface area contributed by atoms with Crippen molar-refractivity contribution in [3.8, 4) is 28.1 Å². The van der Waals surface area contributed by atoms with Crippen LogP contribution < -0.4 is 5.32 Å². The van der Waals surface area contributed by atoms with Gasteiger partial charge in [0.15, 0.2) is 0 Å². The van der Waals surface area contributed by atoms with Gasteiger partial charge >= 0.3 is 5.97 Å². The highest BCUT2D eigenvalue weighted by Gasteiger charge is 2.19. The Kier molecular flexibility index (Phi) is 7.60. The number of carbonyl (C=O) groups is 1. The molecule has 1 saturated carbocycles. The molecular weight excluding hydrogens is 395 g/mol. The molecule has 1 fully saturated rings. The van der Waals surface area contributed by atoms with Crippen LogP contribution in [0.2, 0.25) is 0 Å². The number of nitrogens with one attached hydrogen (secondary N) is 1. The Bertz CT molecular complexity index is 969. The minimum absolute atomic E-state index is 0.0289. The first kappa shape index (κ1) is 22.3. The second kappa shape index (κ2) is 10.6. The van der Waals surface area contributed by atoms with E-state index < -0.39 is 5.97 Å². The lowest BCUT2D eigenvalue weighted by molar-refractivity contribution is -0.142. The number of carboxylic acids is 1. The standard InChI is InChI=1S/C18H15FN2O.C7H12O2/c1-20-18-11-12(13-6-2-4-8-15(13)19)10-16(21-18)14-7-3-5-9-17(14)22;8-7(9)6-4-2-1-3-5-6/h2-11,22H,1H3,(H,20,21);6H,1-5H2,(H,8,9). The van der Waals surface area contributed by atoms with E-state index in [1.807, 2.05) is 6.07 Å². The summed E-state index contributed by atoms with van der Waals surface area (Å²) in [5, 5.41) is 21.5. The fourth-order valence-corrected chi connectivity index (χ4v) is 3.69. The van der Waals surface area contributed by atoms with E-state index in [9.17, 15) is 14.3 Å². The monoisotopic (exact) mass is 422 g/mol. The fourth-order valence-electron chi connectivity index (χ4n) is 3.69. The summed E-state index contributed by atoms with van der Waals surface area (Å²) in [6.45, 7) is 0. The number of phenolic OH excluding ortho intramolecular Hbond substituents is 1. The maximum Gasteiger partial charge on any atom is 0.306 e. The predicted octanol–water partition coefficient (Wildman–Crippen LogP) is 5.95. The molecule has 162 valence electrons. The van der Waals surface area contributed by atoms with Crippen molar-refractivity contribution in [2.75, 3.05) is 12.4 Å². The molecule has 2 aromatic carbocycles. The molecule has 0 radical (unpaired) electrons. The van der Waals surface area contributed by atoms with E-state index >= 15 is 0 Å². The first-order valence-corrected chi connectivity index (χ1v) is 10.5. The molecule has 4 rings (SSSR count). The largest absolute Gasteiger partial charge is 0.507 e. The summed E-state index contributed by atoms with van der Waals surface area (Å²) >= 11 is 0. The molecule has 6 heteroatoms. The number of nitrogens with zero attached hydrogens (tertiary/aromatic N) is 1. The van der Waals surface area contributed by atoms with Crippen LogP contribution in [0.3, 0.4) is 0 Å². The number of pyridine rings is 1. The van der Waals surface area contributed by atoms with Gasteiger partial charge in [-0.3, -0.25) is 4.79 Å². The average Bonchev–Trinajstić information content (AvgIpc) is 2.80. The van der Waals surface area contributed by atoms with Crippen molar-refractivity contribution in [1.82, 2.24) is 4.98 Å². The summed E-state index contributed by atoms with van der Waals surface area (Å²) in [6.07, 6.45) is 5.24. The third-order valence-corrected chi connectivity index (χ3v) is 5.40. The van der Waals surface area contributed by atoms with E-state index in [0.29, 0.717) is 28.2 Å². The Morgan fingerprint density at radius 3 is 2.23 bits per heavy atom. The lowest BCUT2D eigenvalue weighted by Gasteiger charge is -2.16. The highest BCUT2D eigenvalue weighted by atomic mass is 19.1. The molecule has 1 aliphatic rings. The van der Waals surface area contributed by atoms with Crippen LogP contribution in [0.1, 0.15) is 32.1 Å². The maximum absolute atomic E-state index is 14.0. The molecule has 3 N–H and O–H groups in total. The molecule has 0 atom stereocenters.